The molecular formula is C35H58N2O9. The summed E-state index contributed by atoms with van der Waals surface area (Å²) >= 11 is 0. The summed E-state index contributed by atoms with van der Waals surface area (Å²) in [4.78, 5) is 27.8. The second kappa shape index (κ2) is 17.8. The zero-order valence-corrected chi connectivity index (χ0v) is 28.5. The lowest BCUT2D eigenvalue weighted by Gasteiger charge is -2.32. The van der Waals surface area contributed by atoms with Crippen molar-refractivity contribution in [3.63, 3.8) is 0 Å². The van der Waals surface area contributed by atoms with Crippen LogP contribution in [0.5, 0.6) is 0 Å². The average Bonchev–Trinajstić information content (AvgIpc) is 3.64. The molecule has 3 rings (SSSR count). The normalized spacial score (nSPS) is 34.9. The minimum absolute atomic E-state index is 0.0605. The van der Waals surface area contributed by atoms with E-state index in [0.717, 1.165) is 38.0 Å². The molecule has 1 amide bonds. The van der Waals surface area contributed by atoms with E-state index in [1.54, 1.807) is 19.1 Å². The third-order valence-corrected chi connectivity index (χ3v) is 9.66. The van der Waals surface area contributed by atoms with Gasteiger partial charge < -0.3 is 44.9 Å². The first kappa shape index (κ1) is 38.2. The summed E-state index contributed by atoms with van der Waals surface area (Å²) in [7, 11) is 0. The number of aliphatic hydroxyl groups excluding tert-OH is 3. The minimum Gasteiger partial charge on any atom is -0.457 e. The van der Waals surface area contributed by atoms with Crippen LogP contribution in [0.15, 0.2) is 36.0 Å². The van der Waals surface area contributed by atoms with Gasteiger partial charge in [-0.25, -0.2) is 4.79 Å². The van der Waals surface area contributed by atoms with Crippen LogP contribution in [0.25, 0.3) is 0 Å². The molecule has 11 heteroatoms. The number of amides is 1. The Bertz CT molecular complexity index is 1070. The Hall–Kier alpha value is -2.28. The van der Waals surface area contributed by atoms with Gasteiger partial charge in [0, 0.05) is 30.8 Å². The Morgan fingerprint density at radius 3 is 2.59 bits per heavy atom. The number of esters is 1. The van der Waals surface area contributed by atoms with E-state index in [1.165, 1.54) is 0 Å². The van der Waals surface area contributed by atoms with Crippen molar-refractivity contribution in [3.8, 4) is 0 Å². The highest BCUT2D eigenvalue weighted by Gasteiger charge is 2.50. The lowest BCUT2D eigenvalue weighted by molar-refractivity contribution is -0.151. The number of aliphatic hydroxyl groups is 4. The monoisotopic (exact) mass is 650 g/mol. The second-order valence-corrected chi connectivity index (χ2v) is 13.8. The first-order valence-corrected chi connectivity index (χ1v) is 17.0. The van der Waals surface area contributed by atoms with Gasteiger partial charge in [0.25, 0.3) is 0 Å². The third kappa shape index (κ3) is 11.5. The number of cyclic esters (lactones) is 1. The number of likely N-dealkylation sites (tertiary alicyclic amines) is 1. The standard InChI is InChI=1S/C35H58N2O9/c1-7-27(39)25(5)32-33(46-32)30(41)22(2)11-10-12-23(3)31-24(4)13-14-28(35(6,43)16-15-26(38)21-29(40)45-31)44-34(42)36-17-20-37-18-8-9-19-37/h10-14,22,24-28,30-33,38-39,41,43H,7-9,15-21H2,1-6H3,(H,36,42)/b11-10+,14-13+,23-12+/t22?,24?,25?,26?,27?,28?,30?,31?,32?,33-,35?/m0/s1. The van der Waals surface area contributed by atoms with Gasteiger partial charge in [-0.2, -0.15) is 0 Å². The van der Waals surface area contributed by atoms with Crippen molar-refractivity contribution in [1.29, 1.82) is 0 Å². The number of alkyl carbamates (subject to hydrolysis) is 1. The summed E-state index contributed by atoms with van der Waals surface area (Å²) in [5, 5.41) is 45.6. The topological polar surface area (TPSA) is 161 Å². The number of allylic oxidation sites excluding steroid dienone is 2. The van der Waals surface area contributed by atoms with Gasteiger partial charge in [0.05, 0.1) is 30.8 Å². The number of rotatable bonds is 12. The maximum Gasteiger partial charge on any atom is 0.407 e. The van der Waals surface area contributed by atoms with Crippen molar-refractivity contribution in [1.82, 2.24) is 10.2 Å². The SMILES string of the molecule is CCC(O)C(C)C1O[C@H]1C(O)C(C)/C=C/C=C(\C)C1OC(=O)CC(O)CCC(C)(O)C(OC(=O)NCCN2CCCC2)/C=C/C1C. The molecule has 0 spiro atoms. The fourth-order valence-electron chi connectivity index (χ4n) is 6.25. The van der Waals surface area contributed by atoms with E-state index < -0.39 is 48.2 Å². The zero-order valence-electron chi connectivity index (χ0n) is 28.5. The number of carbonyl (C=O) groups is 2. The van der Waals surface area contributed by atoms with Gasteiger partial charge in [-0.1, -0.05) is 52.0 Å². The highest BCUT2D eigenvalue weighted by Crippen LogP contribution is 2.37. The van der Waals surface area contributed by atoms with E-state index in [9.17, 15) is 30.0 Å². The number of carbonyl (C=O) groups excluding carboxylic acids is 2. The summed E-state index contributed by atoms with van der Waals surface area (Å²) in [6.07, 6.45) is 6.78. The van der Waals surface area contributed by atoms with Crippen molar-refractivity contribution >= 4 is 12.1 Å². The summed E-state index contributed by atoms with van der Waals surface area (Å²) in [5.41, 5.74) is -0.747. The second-order valence-electron chi connectivity index (χ2n) is 13.8. The van der Waals surface area contributed by atoms with E-state index >= 15 is 0 Å². The quantitative estimate of drug-likeness (QED) is 0.0918. The molecule has 2 saturated heterocycles. The number of epoxide rings is 1. The Morgan fingerprint density at radius 2 is 1.91 bits per heavy atom. The predicted octanol–water partition coefficient (Wildman–Crippen LogP) is 3.25. The fourth-order valence-corrected chi connectivity index (χ4v) is 6.25. The van der Waals surface area contributed by atoms with Crippen molar-refractivity contribution in [2.24, 2.45) is 17.8 Å². The van der Waals surface area contributed by atoms with Gasteiger partial charge in [0.15, 0.2) is 6.10 Å². The molecule has 11 nitrogen and oxygen atoms in total. The lowest BCUT2D eigenvalue weighted by atomic mass is 9.88. The molecule has 0 saturated carbocycles. The van der Waals surface area contributed by atoms with Crippen LogP contribution in [0.2, 0.25) is 0 Å². The molecule has 3 aliphatic heterocycles. The molecule has 0 aromatic carbocycles. The summed E-state index contributed by atoms with van der Waals surface area (Å²) in [6.45, 7) is 14.2. The van der Waals surface area contributed by atoms with Crippen LogP contribution >= 0.6 is 0 Å². The van der Waals surface area contributed by atoms with Crippen LogP contribution in [0.3, 0.4) is 0 Å². The van der Waals surface area contributed by atoms with Crippen LogP contribution in [0.4, 0.5) is 4.79 Å². The van der Waals surface area contributed by atoms with E-state index in [-0.39, 0.29) is 49.2 Å². The smallest absolute Gasteiger partial charge is 0.407 e. The molecule has 3 aliphatic rings. The predicted molar refractivity (Wildman–Crippen MR) is 175 cm³/mol. The first-order valence-electron chi connectivity index (χ1n) is 17.0. The number of ether oxygens (including phenoxy) is 3. The van der Waals surface area contributed by atoms with Crippen molar-refractivity contribution < 1.29 is 44.2 Å². The minimum atomic E-state index is -1.48. The molecule has 3 heterocycles. The third-order valence-electron chi connectivity index (χ3n) is 9.66. The van der Waals surface area contributed by atoms with E-state index in [4.69, 9.17) is 14.2 Å². The summed E-state index contributed by atoms with van der Waals surface area (Å²) in [6, 6.07) is 0. The average molecular weight is 651 g/mol. The van der Waals surface area contributed by atoms with Gasteiger partial charge in [-0.05, 0) is 70.7 Å². The Labute approximate surface area is 274 Å². The number of hydrogen-bond donors (Lipinski definition) is 5. The maximum atomic E-state index is 12.8. The van der Waals surface area contributed by atoms with Crippen LogP contribution in [0, 0.1) is 17.8 Å². The van der Waals surface area contributed by atoms with Crippen LogP contribution in [-0.2, 0) is 19.0 Å². The molecule has 0 aliphatic carbocycles. The molecule has 0 aromatic rings. The van der Waals surface area contributed by atoms with Gasteiger partial charge >= 0.3 is 12.1 Å². The van der Waals surface area contributed by atoms with Crippen molar-refractivity contribution in [3.05, 3.63) is 36.0 Å². The van der Waals surface area contributed by atoms with Gasteiger partial charge in [0.2, 0.25) is 0 Å². The van der Waals surface area contributed by atoms with Crippen LogP contribution in [-0.4, -0.2) is 112 Å². The highest BCUT2D eigenvalue weighted by atomic mass is 16.6. The molecule has 2 fully saturated rings. The van der Waals surface area contributed by atoms with Gasteiger partial charge in [-0.15, -0.1) is 0 Å². The van der Waals surface area contributed by atoms with Crippen molar-refractivity contribution in [2.75, 3.05) is 26.2 Å². The highest BCUT2D eigenvalue weighted by molar-refractivity contribution is 5.70. The molecule has 262 valence electrons. The Balaban J connectivity index is 1.68. The largest absolute Gasteiger partial charge is 0.457 e. The lowest BCUT2D eigenvalue weighted by Crippen LogP contribution is -2.45. The Kier molecular flexibility index (Phi) is 14.7. The van der Waals surface area contributed by atoms with Crippen molar-refractivity contribution in [2.45, 2.75) is 128 Å². The van der Waals surface area contributed by atoms with E-state index in [2.05, 4.69) is 10.2 Å². The van der Waals surface area contributed by atoms with Crippen LogP contribution in [0.1, 0.15) is 80.1 Å². The molecule has 0 radical (unpaired) electrons. The number of hydrogen-bond acceptors (Lipinski definition) is 10. The Morgan fingerprint density at radius 1 is 1.22 bits per heavy atom. The molecular weight excluding hydrogens is 592 g/mol. The van der Waals surface area contributed by atoms with Gasteiger partial charge in [0.1, 0.15) is 17.8 Å². The molecule has 46 heavy (non-hydrogen) atoms. The number of nitrogens with one attached hydrogen (secondary N) is 1. The maximum absolute atomic E-state index is 12.8. The molecule has 5 N–H and O–H groups in total. The molecule has 11 atom stereocenters. The molecule has 0 bridgehead atoms. The molecule has 10 unspecified atom stereocenters. The van der Waals surface area contributed by atoms with Crippen LogP contribution < -0.4 is 5.32 Å². The summed E-state index contributed by atoms with van der Waals surface area (Å²) < 4.78 is 17.2. The number of nitrogens with zero attached hydrogens (tertiary/aromatic N) is 1. The van der Waals surface area contributed by atoms with E-state index in [0.29, 0.717) is 13.0 Å². The van der Waals surface area contributed by atoms with E-state index in [1.807, 2.05) is 52.8 Å². The first-order chi connectivity index (χ1) is 21.7. The summed E-state index contributed by atoms with van der Waals surface area (Å²) in [5.74, 6) is -1.20. The molecule has 0 aromatic heterocycles. The zero-order chi connectivity index (χ0) is 34.0. The fraction of sp³-hybridized carbons (Fsp3) is 0.771. The van der Waals surface area contributed by atoms with Gasteiger partial charge in [-0.3, -0.25) is 4.79 Å².